The van der Waals surface area contributed by atoms with Crippen LogP contribution in [0.25, 0.3) is 0 Å². The molecule has 0 bridgehead atoms. The van der Waals surface area contributed by atoms with Crippen LogP contribution in [0.15, 0.2) is 34.5 Å². The van der Waals surface area contributed by atoms with E-state index >= 15 is 0 Å². The monoisotopic (exact) mass is 265 g/mol. The summed E-state index contributed by atoms with van der Waals surface area (Å²) in [6.07, 6.45) is 1.39. The summed E-state index contributed by atoms with van der Waals surface area (Å²) in [6.45, 7) is 1.42. The van der Waals surface area contributed by atoms with Gasteiger partial charge in [0.2, 0.25) is 5.91 Å². The van der Waals surface area contributed by atoms with Gasteiger partial charge in [-0.1, -0.05) is 12.1 Å². The van der Waals surface area contributed by atoms with Gasteiger partial charge in [-0.2, -0.15) is 5.10 Å². The minimum absolute atomic E-state index is 0.156. The molecule has 1 rings (SSSR count). The lowest BCUT2D eigenvalue weighted by molar-refractivity contribution is -0.822. The molecule has 0 aromatic heterocycles. The first kappa shape index (κ1) is 14.1. The van der Waals surface area contributed by atoms with Crippen molar-refractivity contribution in [2.45, 2.75) is 6.92 Å². The van der Waals surface area contributed by atoms with Crippen LogP contribution in [-0.4, -0.2) is 28.3 Å². The van der Waals surface area contributed by atoms with Crippen molar-refractivity contribution in [2.24, 2.45) is 15.9 Å². The summed E-state index contributed by atoms with van der Waals surface area (Å²) in [5, 5.41) is 17.3. The van der Waals surface area contributed by atoms with Crippen molar-refractivity contribution in [3.63, 3.8) is 0 Å². The first-order valence-electron chi connectivity index (χ1n) is 5.14. The summed E-state index contributed by atoms with van der Waals surface area (Å²) in [5.74, 6) is -0.514. The number of carbonyl (C=O) groups is 1. The molecule has 0 saturated heterocycles. The average molecular weight is 265 g/mol. The highest BCUT2D eigenvalue weighted by Gasteiger charge is 2.03. The van der Waals surface area contributed by atoms with Crippen molar-refractivity contribution in [2.75, 3.05) is 5.32 Å². The van der Waals surface area contributed by atoms with Crippen LogP contribution < -0.4 is 16.5 Å². The van der Waals surface area contributed by atoms with Gasteiger partial charge in [0.05, 0.1) is 6.21 Å². The zero-order chi connectivity index (χ0) is 14.3. The number of hydrazine groups is 1. The molecule has 0 radical (unpaired) electrons. The zero-order valence-corrected chi connectivity index (χ0v) is 10.1. The number of rotatable bonds is 4. The maximum absolute atomic E-state index is 10.8. The van der Waals surface area contributed by atoms with E-state index in [1.54, 1.807) is 29.7 Å². The number of nitrogens with two attached hydrogens (primary N) is 1. The molecule has 9 nitrogen and oxygen atoms in total. The molecule has 100 valence electrons. The summed E-state index contributed by atoms with van der Waals surface area (Å²) in [5.41, 5.74) is 8.33. The highest BCUT2D eigenvalue weighted by molar-refractivity contribution is 5.89. The lowest BCUT2D eigenvalue weighted by Crippen LogP contribution is -2.36. The molecule has 1 aromatic rings. The molecular weight excluding hydrogens is 252 g/mol. The van der Waals surface area contributed by atoms with Gasteiger partial charge in [-0.05, 0) is 23.1 Å². The Kier molecular flexibility index (Phi) is 4.96. The Labute approximate surface area is 108 Å². The van der Waals surface area contributed by atoms with Gasteiger partial charge in [-0.25, -0.2) is 5.21 Å². The molecule has 1 aromatic carbocycles. The first-order valence-corrected chi connectivity index (χ1v) is 5.14. The van der Waals surface area contributed by atoms with E-state index in [9.17, 15) is 9.70 Å². The quantitative estimate of drug-likeness (QED) is 0.344. The predicted molar refractivity (Wildman–Crippen MR) is 68.5 cm³/mol. The van der Waals surface area contributed by atoms with Gasteiger partial charge in [-0.3, -0.25) is 4.79 Å². The number of hydrogen-bond acceptors (Lipinski definition) is 4. The molecule has 5 N–H and O–H groups in total. The smallest absolute Gasteiger partial charge is 0.362 e. The molecular formula is C10H13N6O3+. The number of amides is 1. The van der Waals surface area contributed by atoms with Crippen LogP contribution >= 0.6 is 0 Å². The first-order chi connectivity index (χ1) is 8.97. The number of nitrogens with zero attached hydrogens (tertiary/aromatic N) is 3. The van der Waals surface area contributed by atoms with E-state index in [-0.39, 0.29) is 11.9 Å². The highest BCUT2D eigenvalue weighted by atomic mass is 16.7. The Morgan fingerprint density at radius 1 is 1.42 bits per heavy atom. The molecule has 0 aliphatic carbocycles. The second-order valence-electron chi connectivity index (χ2n) is 3.42. The van der Waals surface area contributed by atoms with Crippen molar-refractivity contribution in [3.8, 4) is 0 Å². The van der Waals surface area contributed by atoms with Crippen LogP contribution in [-0.2, 0) is 4.79 Å². The van der Waals surface area contributed by atoms with Crippen LogP contribution in [0.3, 0.4) is 0 Å². The van der Waals surface area contributed by atoms with Gasteiger partial charge in [-0.15, -0.1) is 5.10 Å². The lowest BCUT2D eigenvalue weighted by atomic mass is 10.2. The number of guanidine groups is 1. The standard InChI is InChI=1S/C10H12N6O3/c1-7(17)13-9-4-2-8(3-5-9)6-12-14-10(11)15-16(18)19/h2-6H,1H3,(H4-,11,12,13,14,15,17,18,19)/p+1. The van der Waals surface area contributed by atoms with Crippen LogP contribution in [0.2, 0.25) is 0 Å². The van der Waals surface area contributed by atoms with Gasteiger partial charge >= 0.3 is 5.03 Å². The molecule has 1 amide bonds. The third-order valence-corrected chi connectivity index (χ3v) is 1.81. The minimum atomic E-state index is -0.587. The fourth-order valence-corrected chi connectivity index (χ4v) is 1.13. The van der Waals surface area contributed by atoms with E-state index < -0.39 is 5.03 Å². The maximum atomic E-state index is 10.8. The predicted octanol–water partition coefficient (Wildman–Crippen LogP) is -0.0337. The lowest BCUT2D eigenvalue weighted by Gasteiger charge is -2.00. The number of nitrogens with one attached hydrogen (secondary N) is 2. The third kappa shape index (κ3) is 5.77. The van der Waals surface area contributed by atoms with Crippen molar-refractivity contribution in [1.29, 1.82) is 0 Å². The number of carbonyl (C=O) groups excluding carboxylic acids is 1. The minimum Gasteiger partial charge on any atom is -0.364 e. The van der Waals surface area contributed by atoms with E-state index in [2.05, 4.69) is 15.5 Å². The van der Waals surface area contributed by atoms with Gasteiger partial charge in [0.25, 0.3) is 5.96 Å². The second-order valence-corrected chi connectivity index (χ2v) is 3.42. The van der Waals surface area contributed by atoms with Gasteiger partial charge in [0, 0.05) is 12.6 Å². The fourth-order valence-electron chi connectivity index (χ4n) is 1.13. The van der Waals surface area contributed by atoms with E-state index in [0.717, 1.165) is 0 Å². The Bertz CT molecular complexity index is 523. The number of anilines is 1. The molecule has 0 atom stereocenters. The summed E-state index contributed by atoms with van der Waals surface area (Å²) in [7, 11) is 0. The Hall–Kier alpha value is -2.97. The summed E-state index contributed by atoms with van der Waals surface area (Å²) >= 11 is 0. The largest absolute Gasteiger partial charge is 0.364 e. The SMILES string of the molecule is CC(=O)Nc1ccc(/C=N/N=C(\N)N[N+](=O)O)cc1. The highest BCUT2D eigenvalue weighted by Crippen LogP contribution is 2.07. The molecule has 0 spiro atoms. The van der Waals surface area contributed by atoms with Gasteiger partial charge in [0.1, 0.15) is 4.91 Å². The topological polar surface area (TPSA) is 132 Å². The molecule has 0 aliphatic heterocycles. The molecule has 0 heterocycles. The van der Waals surface area contributed by atoms with E-state index in [1.807, 2.05) is 0 Å². The number of benzene rings is 1. The fraction of sp³-hybridized carbons (Fsp3) is 0.100. The summed E-state index contributed by atoms with van der Waals surface area (Å²) in [4.78, 5) is 20.9. The molecule has 19 heavy (non-hydrogen) atoms. The zero-order valence-electron chi connectivity index (χ0n) is 10.1. The normalized spacial score (nSPS) is 11.3. The molecule has 0 aliphatic rings. The van der Waals surface area contributed by atoms with Gasteiger partial charge in [0.15, 0.2) is 0 Å². The molecule has 0 fully saturated rings. The van der Waals surface area contributed by atoms with Crippen LogP contribution in [0.5, 0.6) is 0 Å². The molecule has 0 saturated carbocycles. The van der Waals surface area contributed by atoms with Crippen molar-refractivity contribution in [3.05, 3.63) is 34.7 Å². The van der Waals surface area contributed by atoms with Crippen molar-refractivity contribution < 1.29 is 15.0 Å². The molecule has 9 heteroatoms. The van der Waals surface area contributed by atoms with E-state index in [0.29, 0.717) is 11.3 Å². The van der Waals surface area contributed by atoms with Crippen molar-refractivity contribution >= 4 is 23.8 Å². The summed E-state index contributed by atoms with van der Waals surface area (Å²) < 4.78 is 0. The molecule has 0 unspecified atom stereocenters. The van der Waals surface area contributed by atoms with Crippen molar-refractivity contribution in [1.82, 2.24) is 5.43 Å². The maximum Gasteiger partial charge on any atom is 0.362 e. The van der Waals surface area contributed by atoms with Crippen LogP contribution in [0.1, 0.15) is 12.5 Å². The average Bonchev–Trinajstić information content (AvgIpc) is 2.29. The summed E-state index contributed by atoms with van der Waals surface area (Å²) in [6, 6.07) is 6.81. The third-order valence-electron chi connectivity index (χ3n) is 1.81. The number of hydrogen-bond donors (Lipinski definition) is 4. The van der Waals surface area contributed by atoms with Crippen LogP contribution in [0.4, 0.5) is 5.69 Å². The Balaban J connectivity index is 2.62. The Morgan fingerprint density at radius 2 is 2.05 bits per heavy atom. The Morgan fingerprint density at radius 3 is 2.58 bits per heavy atom. The van der Waals surface area contributed by atoms with Crippen LogP contribution in [0, 0.1) is 4.91 Å². The second kappa shape index (κ2) is 6.69. The van der Waals surface area contributed by atoms with E-state index in [1.165, 1.54) is 13.1 Å². The van der Waals surface area contributed by atoms with Gasteiger partial charge < -0.3 is 11.1 Å². The van der Waals surface area contributed by atoms with E-state index in [4.69, 9.17) is 10.9 Å².